The summed E-state index contributed by atoms with van der Waals surface area (Å²) < 4.78 is 10.5. The van der Waals surface area contributed by atoms with Gasteiger partial charge in [0, 0.05) is 5.92 Å². The zero-order valence-corrected chi connectivity index (χ0v) is 14.2. The maximum atomic E-state index is 13.0. The number of anilines is 1. The molecule has 128 valence electrons. The number of aryl methyl sites for hydroxylation is 1. The van der Waals surface area contributed by atoms with E-state index in [1.54, 1.807) is 18.9 Å². The summed E-state index contributed by atoms with van der Waals surface area (Å²) in [5, 5.41) is 3.83. The minimum atomic E-state index is 0.0456. The largest absolute Gasteiger partial charge is 0.497 e. The summed E-state index contributed by atoms with van der Waals surface area (Å²) in [5.74, 6) is 1.44. The summed E-state index contributed by atoms with van der Waals surface area (Å²) in [5.41, 5.74) is 0.996. The van der Waals surface area contributed by atoms with E-state index >= 15 is 0 Å². The van der Waals surface area contributed by atoms with Gasteiger partial charge in [-0.25, -0.2) is 0 Å². The van der Waals surface area contributed by atoms with E-state index in [0.29, 0.717) is 12.4 Å². The first-order chi connectivity index (χ1) is 11.7. The molecule has 1 fully saturated rings. The van der Waals surface area contributed by atoms with Crippen LogP contribution in [0.2, 0.25) is 0 Å². The van der Waals surface area contributed by atoms with Crippen molar-refractivity contribution in [3.63, 3.8) is 0 Å². The van der Waals surface area contributed by atoms with Gasteiger partial charge in [0.2, 0.25) is 5.91 Å². The normalized spacial score (nSPS) is 15.2. The van der Waals surface area contributed by atoms with Crippen molar-refractivity contribution < 1.29 is 14.1 Å². The molecule has 0 saturated heterocycles. The van der Waals surface area contributed by atoms with Crippen LogP contribution in [-0.4, -0.2) is 23.2 Å². The molecule has 1 aromatic carbocycles. The predicted molar refractivity (Wildman–Crippen MR) is 89.8 cm³/mol. The molecule has 1 aromatic heterocycles. The fraction of sp³-hybridized carbons (Fsp3) is 0.500. The van der Waals surface area contributed by atoms with Crippen molar-refractivity contribution in [2.75, 3.05) is 12.0 Å². The Morgan fingerprint density at radius 3 is 2.54 bits per heavy atom. The van der Waals surface area contributed by atoms with Crippen molar-refractivity contribution in [2.45, 2.75) is 45.6 Å². The number of aromatic nitrogens is 2. The molecule has 6 nitrogen and oxygen atoms in total. The number of amides is 1. The molecular formula is C18H23N3O3. The van der Waals surface area contributed by atoms with E-state index in [-0.39, 0.29) is 17.8 Å². The lowest BCUT2D eigenvalue weighted by Crippen LogP contribution is -2.37. The summed E-state index contributed by atoms with van der Waals surface area (Å²) in [6, 6.07) is 7.95. The fourth-order valence-corrected chi connectivity index (χ4v) is 3.12. The van der Waals surface area contributed by atoms with Gasteiger partial charge >= 0.3 is 6.01 Å². The van der Waals surface area contributed by atoms with E-state index in [9.17, 15) is 4.79 Å². The van der Waals surface area contributed by atoms with Crippen LogP contribution in [0.5, 0.6) is 5.75 Å². The molecule has 0 aliphatic heterocycles. The van der Waals surface area contributed by atoms with Crippen molar-refractivity contribution >= 4 is 11.9 Å². The monoisotopic (exact) mass is 329 g/mol. The van der Waals surface area contributed by atoms with Gasteiger partial charge in [-0.2, -0.15) is 4.98 Å². The van der Waals surface area contributed by atoms with Crippen LogP contribution < -0.4 is 9.64 Å². The van der Waals surface area contributed by atoms with Crippen molar-refractivity contribution in [1.29, 1.82) is 0 Å². The smallest absolute Gasteiger partial charge is 0.331 e. The zero-order valence-electron chi connectivity index (χ0n) is 14.2. The second kappa shape index (κ2) is 7.47. The molecular weight excluding hydrogens is 306 g/mol. The van der Waals surface area contributed by atoms with Crippen molar-refractivity contribution in [3.8, 4) is 5.75 Å². The summed E-state index contributed by atoms with van der Waals surface area (Å²) in [4.78, 5) is 18.9. The highest BCUT2D eigenvalue weighted by atomic mass is 16.5. The SMILES string of the molecule is COc1ccc(CN(C(=O)C2CCCCC2)c2nc(C)no2)cc1. The Morgan fingerprint density at radius 2 is 1.96 bits per heavy atom. The van der Waals surface area contributed by atoms with Crippen molar-refractivity contribution in [3.05, 3.63) is 35.7 Å². The number of carbonyl (C=O) groups excluding carboxylic acids is 1. The fourth-order valence-electron chi connectivity index (χ4n) is 3.12. The Kier molecular flexibility index (Phi) is 5.13. The molecule has 0 spiro atoms. The molecule has 0 unspecified atom stereocenters. The van der Waals surface area contributed by atoms with Crippen LogP contribution in [0, 0.1) is 12.8 Å². The standard InChI is InChI=1S/C18H23N3O3/c1-13-19-18(24-20-13)21(17(22)15-6-4-3-5-7-15)12-14-8-10-16(23-2)11-9-14/h8-11,15H,3-7,12H2,1-2H3. The van der Waals surface area contributed by atoms with Gasteiger partial charge < -0.3 is 9.26 Å². The van der Waals surface area contributed by atoms with Crippen molar-refractivity contribution in [2.24, 2.45) is 5.92 Å². The van der Waals surface area contributed by atoms with Gasteiger partial charge in [-0.3, -0.25) is 9.69 Å². The number of rotatable bonds is 5. The summed E-state index contributed by atoms with van der Waals surface area (Å²) >= 11 is 0. The molecule has 3 rings (SSSR count). The molecule has 1 aliphatic rings. The minimum absolute atomic E-state index is 0.0456. The third kappa shape index (κ3) is 3.75. The highest BCUT2D eigenvalue weighted by molar-refractivity contribution is 5.93. The Labute approximate surface area is 141 Å². The number of hydrogen-bond donors (Lipinski definition) is 0. The second-order valence-electron chi connectivity index (χ2n) is 6.23. The molecule has 0 bridgehead atoms. The lowest BCUT2D eigenvalue weighted by Gasteiger charge is -2.26. The molecule has 6 heteroatoms. The lowest BCUT2D eigenvalue weighted by molar-refractivity contribution is -0.123. The molecule has 1 aliphatic carbocycles. The van der Waals surface area contributed by atoms with Gasteiger partial charge in [0.25, 0.3) is 0 Å². The number of benzene rings is 1. The molecule has 0 N–H and O–H groups in total. The quantitative estimate of drug-likeness (QED) is 0.840. The first-order valence-electron chi connectivity index (χ1n) is 8.42. The minimum Gasteiger partial charge on any atom is -0.497 e. The molecule has 1 amide bonds. The first-order valence-corrected chi connectivity index (χ1v) is 8.42. The second-order valence-corrected chi connectivity index (χ2v) is 6.23. The van der Waals surface area contributed by atoms with E-state index in [4.69, 9.17) is 9.26 Å². The maximum absolute atomic E-state index is 13.0. The van der Waals surface area contributed by atoms with Gasteiger partial charge in [0.1, 0.15) is 5.75 Å². The van der Waals surface area contributed by atoms with Gasteiger partial charge in [0.15, 0.2) is 5.82 Å². The van der Waals surface area contributed by atoms with E-state index in [0.717, 1.165) is 37.0 Å². The highest BCUT2D eigenvalue weighted by Gasteiger charge is 2.29. The van der Waals surface area contributed by atoms with Crippen LogP contribution in [-0.2, 0) is 11.3 Å². The van der Waals surface area contributed by atoms with Gasteiger partial charge in [-0.05, 0) is 37.5 Å². The van der Waals surface area contributed by atoms with Crippen LogP contribution in [0.4, 0.5) is 6.01 Å². The molecule has 24 heavy (non-hydrogen) atoms. The molecule has 0 radical (unpaired) electrons. The topological polar surface area (TPSA) is 68.5 Å². The number of ether oxygens (including phenoxy) is 1. The zero-order chi connectivity index (χ0) is 16.9. The van der Waals surface area contributed by atoms with Crippen LogP contribution in [0.25, 0.3) is 0 Å². The third-order valence-corrected chi connectivity index (χ3v) is 4.47. The van der Waals surface area contributed by atoms with E-state index in [1.807, 2.05) is 24.3 Å². The molecule has 0 atom stereocenters. The van der Waals surface area contributed by atoms with Gasteiger partial charge in [-0.15, -0.1) is 0 Å². The van der Waals surface area contributed by atoms with Crippen LogP contribution >= 0.6 is 0 Å². The van der Waals surface area contributed by atoms with Gasteiger partial charge in [0.05, 0.1) is 13.7 Å². The van der Waals surface area contributed by atoms with Crippen LogP contribution in [0.1, 0.15) is 43.5 Å². The lowest BCUT2D eigenvalue weighted by atomic mass is 9.88. The van der Waals surface area contributed by atoms with Crippen LogP contribution in [0.3, 0.4) is 0 Å². The maximum Gasteiger partial charge on any atom is 0.331 e. The Morgan fingerprint density at radius 1 is 1.25 bits per heavy atom. The summed E-state index contributed by atoms with van der Waals surface area (Å²) in [7, 11) is 1.63. The number of hydrogen-bond acceptors (Lipinski definition) is 5. The molecule has 1 saturated carbocycles. The highest BCUT2D eigenvalue weighted by Crippen LogP contribution is 2.28. The predicted octanol–water partition coefficient (Wildman–Crippen LogP) is 3.50. The summed E-state index contributed by atoms with van der Waals surface area (Å²) in [6.45, 7) is 2.17. The van der Waals surface area contributed by atoms with Crippen molar-refractivity contribution in [1.82, 2.24) is 10.1 Å². The third-order valence-electron chi connectivity index (χ3n) is 4.47. The van der Waals surface area contributed by atoms with E-state index < -0.39 is 0 Å². The number of carbonyl (C=O) groups is 1. The number of methoxy groups -OCH3 is 1. The molecule has 1 heterocycles. The van der Waals surface area contributed by atoms with Crippen LogP contribution in [0.15, 0.2) is 28.8 Å². The Bertz CT molecular complexity index is 675. The van der Waals surface area contributed by atoms with E-state index in [2.05, 4.69) is 10.1 Å². The Balaban J connectivity index is 1.82. The average Bonchev–Trinajstić information content (AvgIpc) is 3.06. The average molecular weight is 329 g/mol. The van der Waals surface area contributed by atoms with Gasteiger partial charge in [-0.1, -0.05) is 36.6 Å². The first kappa shape index (κ1) is 16.5. The van der Waals surface area contributed by atoms with E-state index in [1.165, 1.54) is 6.42 Å². The summed E-state index contributed by atoms with van der Waals surface area (Å²) in [6.07, 6.45) is 5.29. The number of nitrogens with zero attached hydrogens (tertiary/aromatic N) is 3. The Hall–Kier alpha value is -2.37. The molecule has 2 aromatic rings.